The number of rotatable bonds is 23. The van der Waals surface area contributed by atoms with Crippen LogP contribution in [0.5, 0.6) is 0 Å². The molecule has 0 rings (SSSR count). The molecule has 0 saturated carbocycles. The number of carbonyl (C=O) groups is 2. The Bertz CT molecular complexity index is 368. The summed E-state index contributed by atoms with van der Waals surface area (Å²) in [7, 11) is 2.82. The quantitative estimate of drug-likeness (QED) is 0.131. The molecule has 0 unspecified atom stereocenters. The maximum absolute atomic E-state index is 10.8. The van der Waals surface area contributed by atoms with E-state index in [1.54, 1.807) is 0 Å². The summed E-state index contributed by atoms with van der Waals surface area (Å²) >= 11 is 0. The second kappa shape index (κ2) is 30.9. The molecule has 0 saturated heterocycles. The first-order chi connectivity index (χ1) is 16.1. The van der Waals surface area contributed by atoms with E-state index in [0.29, 0.717) is 12.8 Å². The summed E-state index contributed by atoms with van der Waals surface area (Å²) < 4.78 is 14.6. The van der Waals surface area contributed by atoms with Crippen LogP contribution in [0.4, 0.5) is 0 Å². The van der Waals surface area contributed by atoms with Crippen molar-refractivity contribution >= 4 is 11.9 Å². The van der Waals surface area contributed by atoms with Gasteiger partial charge >= 0.3 is 11.9 Å². The lowest BCUT2D eigenvalue weighted by atomic mass is 10.1. The summed E-state index contributed by atoms with van der Waals surface area (Å²) in [4.78, 5) is 21.6. The number of unbranched alkanes of at least 4 members (excludes halogenated alkanes) is 14. The highest BCUT2D eigenvalue weighted by molar-refractivity contribution is 5.69. The molecule has 0 spiro atoms. The zero-order valence-electron chi connectivity index (χ0n) is 22.2. The predicted molar refractivity (Wildman–Crippen MR) is 137 cm³/mol. The van der Waals surface area contributed by atoms with E-state index in [-0.39, 0.29) is 11.9 Å². The number of esters is 2. The highest BCUT2D eigenvalue weighted by atomic mass is 16.5. The van der Waals surface area contributed by atoms with Crippen LogP contribution in [0.3, 0.4) is 0 Å². The SMILES string of the molecule is CCCCCCCCCCCCOCCCN.COC(=O)CCCCCCCCC(=O)OC. The number of hydrogen-bond acceptors (Lipinski definition) is 6. The Balaban J connectivity index is 0. The molecule has 33 heavy (non-hydrogen) atoms. The maximum Gasteiger partial charge on any atom is 0.305 e. The summed E-state index contributed by atoms with van der Waals surface area (Å²) in [5.74, 6) is -0.267. The molecule has 0 atom stereocenters. The molecule has 198 valence electrons. The molecule has 0 aliphatic heterocycles. The molecular formula is C27H55NO5. The molecule has 0 aliphatic rings. The third-order valence-corrected chi connectivity index (χ3v) is 5.60. The minimum Gasteiger partial charge on any atom is -0.469 e. The summed E-state index contributed by atoms with van der Waals surface area (Å²) in [6, 6.07) is 0. The molecule has 0 aromatic carbocycles. The van der Waals surface area contributed by atoms with Gasteiger partial charge in [-0.1, -0.05) is 90.4 Å². The van der Waals surface area contributed by atoms with Crippen molar-refractivity contribution in [2.75, 3.05) is 34.0 Å². The predicted octanol–water partition coefficient (Wildman–Crippen LogP) is 6.73. The van der Waals surface area contributed by atoms with Crippen molar-refractivity contribution in [3.05, 3.63) is 0 Å². The highest BCUT2D eigenvalue weighted by Crippen LogP contribution is 2.11. The van der Waals surface area contributed by atoms with Gasteiger partial charge in [0.15, 0.2) is 0 Å². The molecule has 0 heterocycles. The molecule has 6 nitrogen and oxygen atoms in total. The van der Waals surface area contributed by atoms with Crippen molar-refractivity contribution in [3.63, 3.8) is 0 Å². The van der Waals surface area contributed by atoms with Gasteiger partial charge in [0.2, 0.25) is 0 Å². The highest BCUT2D eigenvalue weighted by Gasteiger charge is 2.01. The Morgan fingerprint density at radius 2 is 0.909 bits per heavy atom. The van der Waals surface area contributed by atoms with E-state index in [4.69, 9.17) is 10.5 Å². The van der Waals surface area contributed by atoms with Gasteiger partial charge < -0.3 is 19.9 Å². The first kappa shape index (κ1) is 34.0. The van der Waals surface area contributed by atoms with Gasteiger partial charge in [-0.05, 0) is 32.2 Å². The van der Waals surface area contributed by atoms with Crippen molar-refractivity contribution in [3.8, 4) is 0 Å². The van der Waals surface area contributed by atoms with Crippen LogP contribution in [0.15, 0.2) is 0 Å². The largest absolute Gasteiger partial charge is 0.469 e. The van der Waals surface area contributed by atoms with Gasteiger partial charge in [0.25, 0.3) is 0 Å². The van der Waals surface area contributed by atoms with Crippen LogP contribution in [-0.4, -0.2) is 45.9 Å². The van der Waals surface area contributed by atoms with E-state index in [1.165, 1.54) is 78.4 Å². The first-order valence-electron chi connectivity index (χ1n) is 13.5. The zero-order chi connectivity index (χ0) is 24.8. The number of carbonyl (C=O) groups excluding carboxylic acids is 2. The van der Waals surface area contributed by atoms with Crippen molar-refractivity contribution in [1.29, 1.82) is 0 Å². The fourth-order valence-corrected chi connectivity index (χ4v) is 3.43. The van der Waals surface area contributed by atoms with Gasteiger partial charge in [-0.3, -0.25) is 9.59 Å². The van der Waals surface area contributed by atoms with Gasteiger partial charge in [-0.15, -0.1) is 0 Å². The van der Waals surface area contributed by atoms with Crippen LogP contribution in [0, 0.1) is 0 Å². The minimum atomic E-state index is -0.134. The van der Waals surface area contributed by atoms with Crippen molar-refractivity contribution < 1.29 is 23.8 Å². The van der Waals surface area contributed by atoms with Crippen LogP contribution in [0.1, 0.15) is 129 Å². The van der Waals surface area contributed by atoms with Crippen LogP contribution < -0.4 is 5.73 Å². The van der Waals surface area contributed by atoms with E-state index < -0.39 is 0 Å². The van der Waals surface area contributed by atoms with Gasteiger partial charge in [0, 0.05) is 26.1 Å². The van der Waals surface area contributed by atoms with E-state index in [9.17, 15) is 9.59 Å². The number of nitrogens with two attached hydrogens (primary N) is 1. The molecule has 0 radical (unpaired) electrons. The Labute approximate surface area is 204 Å². The third-order valence-electron chi connectivity index (χ3n) is 5.60. The average molecular weight is 474 g/mol. The van der Waals surface area contributed by atoms with E-state index in [2.05, 4.69) is 16.4 Å². The fourth-order valence-electron chi connectivity index (χ4n) is 3.43. The first-order valence-corrected chi connectivity index (χ1v) is 13.5. The van der Waals surface area contributed by atoms with Gasteiger partial charge in [0.1, 0.15) is 0 Å². The van der Waals surface area contributed by atoms with E-state index in [1.807, 2.05) is 0 Å². The lowest BCUT2D eigenvalue weighted by Crippen LogP contribution is -2.04. The Morgan fingerprint density at radius 3 is 1.30 bits per heavy atom. The maximum atomic E-state index is 10.8. The average Bonchev–Trinajstić information content (AvgIpc) is 2.83. The summed E-state index contributed by atoms with van der Waals surface area (Å²) in [6.45, 7) is 4.79. The number of ether oxygens (including phenoxy) is 3. The Morgan fingerprint density at radius 1 is 0.545 bits per heavy atom. The minimum absolute atomic E-state index is 0.134. The summed E-state index contributed by atoms with van der Waals surface area (Å²) in [5.41, 5.74) is 5.39. The molecule has 6 heteroatoms. The zero-order valence-corrected chi connectivity index (χ0v) is 22.2. The molecule has 0 amide bonds. The second-order valence-electron chi connectivity index (χ2n) is 8.71. The Hall–Kier alpha value is -1.14. The van der Waals surface area contributed by atoms with E-state index >= 15 is 0 Å². The molecule has 0 bridgehead atoms. The second-order valence-corrected chi connectivity index (χ2v) is 8.71. The monoisotopic (exact) mass is 473 g/mol. The molecule has 0 fully saturated rings. The molecule has 2 N–H and O–H groups in total. The molecule has 0 aromatic heterocycles. The normalized spacial score (nSPS) is 10.4. The smallest absolute Gasteiger partial charge is 0.305 e. The van der Waals surface area contributed by atoms with Crippen LogP contribution in [-0.2, 0) is 23.8 Å². The van der Waals surface area contributed by atoms with Crippen molar-refractivity contribution in [1.82, 2.24) is 0 Å². The number of methoxy groups -OCH3 is 2. The lowest BCUT2D eigenvalue weighted by molar-refractivity contribution is -0.141. The fraction of sp³-hybridized carbons (Fsp3) is 0.926. The number of hydrogen-bond donors (Lipinski definition) is 1. The molecular weight excluding hydrogens is 418 g/mol. The molecule has 0 aromatic rings. The standard InChI is InChI=1S/C15H33NO.C12H22O4/c1-2-3-4-5-6-7-8-9-10-11-14-17-15-12-13-16;1-15-11(13)9-7-5-3-4-6-8-10-12(14)16-2/h2-16H2,1H3;3-10H2,1-2H3. The Kier molecular flexibility index (Phi) is 31.8. The van der Waals surface area contributed by atoms with Crippen LogP contribution in [0.2, 0.25) is 0 Å². The van der Waals surface area contributed by atoms with Crippen LogP contribution >= 0.6 is 0 Å². The van der Waals surface area contributed by atoms with Gasteiger partial charge in [-0.25, -0.2) is 0 Å². The van der Waals surface area contributed by atoms with Crippen LogP contribution in [0.25, 0.3) is 0 Å². The van der Waals surface area contributed by atoms with Crippen molar-refractivity contribution in [2.45, 2.75) is 129 Å². The summed E-state index contributed by atoms with van der Waals surface area (Å²) in [6.07, 6.45) is 22.0. The van der Waals surface area contributed by atoms with E-state index in [0.717, 1.165) is 64.7 Å². The topological polar surface area (TPSA) is 87.9 Å². The third kappa shape index (κ3) is 33.1. The van der Waals surface area contributed by atoms with Crippen molar-refractivity contribution in [2.24, 2.45) is 5.73 Å². The molecule has 0 aliphatic carbocycles. The summed E-state index contributed by atoms with van der Waals surface area (Å²) in [5, 5.41) is 0. The lowest BCUT2D eigenvalue weighted by Gasteiger charge is -2.03. The van der Waals surface area contributed by atoms with Gasteiger partial charge in [-0.2, -0.15) is 0 Å². The van der Waals surface area contributed by atoms with Gasteiger partial charge in [0.05, 0.1) is 14.2 Å².